The summed E-state index contributed by atoms with van der Waals surface area (Å²) in [5.41, 5.74) is 0.446. The van der Waals surface area contributed by atoms with Gasteiger partial charge in [-0.1, -0.05) is 0 Å². The molecule has 0 bridgehead atoms. The normalized spacial score (nSPS) is 17.4. The second-order valence-corrected chi connectivity index (χ2v) is 5.94. The first-order chi connectivity index (χ1) is 10.5. The quantitative estimate of drug-likeness (QED) is 0.860. The van der Waals surface area contributed by atoms with E-state index in [1.807, 2.05) is 0 Å². The molecular weight excluding hydrogens is 354 g/mol. The molecule has 1 heterocycles. The van der Waals surface area contributed by atoms with Crippen LogP contribution in [0.1, 0.15) is 29.6 Å². The highest BCUT2D eigenvalue weighted by atomic mass is 79.9. The van der Waals surface area contributed by atoms with E-state index in [0.29, 0.717) is 34.5 Å². The lowest BCUT2D eigenvalue weighted by Gasteiger charge is -2.24. The van der Waals surface area contributed by atoms with Crippen molar-refractivity contribution in [2.24, 2.45) is 0 Å². The van der Waals surface area contributed by atoms with Gasteiger partial charge < -0.3 is 19.5 Å². The first-order valence-corrected chi connectivity index (χ1v) is 7.71. The fourth-order valence-electron chi connectivity index (χ4n) is 2.72. The maximum Gasteiger partial charge on any atom is 0.305 e. The number of carbonyl (C=O) groups is 2. The van der Waals surface area contributed by atoms with Crippen LogP contribution in [0.2, 0.25) is 0 Å². The molecular formula is C15H18BrNO5. The number of likely N-dealkylation sites (tertiary alicyclic amines) is 1. The van der Waals surface area contributed by atoms with E-state index in [4.69, 9.17) is 14.6 Å². The molecule has 0 spiro atoms. The fourth-order valence-corrected chi connectivity index (χ4v) is 3.33. The van der Waals surface area contributed by atoms with Gasteiger partial charge in [0.2, 0.25) is 0 Å². The fraction of sp³-hybridized carbons (Fsp3) is 0.467. The van der Waals surface area contributed by atoms with Crippen molar-refractivity contribution < 1.29 is 24.2 Å². The summed E-state index contributed by atoms with van der Waals surface area (Å²) in [6.45, 7) is 0.572. The third-order valence-corrected chi connectivity index (χ3v) is 4.32. The summed E-state index contributed by atoms with van der Waals surface area (Å²) in [5, 5.41) is 8.96. The van der Waals surface area contributed by atoms with E-state index in [9.17, 15) is 9.59 Å². The second-order valence-electron chi connectivity index (χ2n) is 5.09. The Kier molecular flexibility index (Phi) is 5.28. The van der Waals surface area contributed by atoms with Crippen LogP contribution in [-0.4, -0.2) is 48.7 Å². The predicted molar refractivity (Wildman–Crippen MR) is 83.6 cm³/mol. The molecule has 22 heavy (non-hydrogen) atoms. The van der Waals surface area contributed by atoms with E-state index < -0.39 is 5.97 Å². The second kappa shape index (κ2) is 7.00. The Balaban J connectivity index is 2.29. The summed E-state index contributed by atoms with van der Waals surface area (Å²) in [7, 11) is 3.02. The Morgan fingerprint density at radius 2 is 2.09 bits per heavy atom. The van der Waals surface area contributed by atoms with Crippen LogP contribution in [0, 0.1) is 0 Å². The highest BCUT2D eigenvalue weighted by molar-refractivity contribution is 9.10. The number of carboxylic acid groups (broad SMARTS) is 1. The lowest BCUT2D eigenvalue weighted by molar-refractivity contribution is -0.137. The lowest BCUT2D eigenvalue weighted by atomic mass is 10.1. The molecule has 0 radical (unpaired) electrons. The van der Waals surface area contributed by atoms with Gasteiger partial charge in [0.05, 0.1) is 25.1 Å². The zero-order chi connectivity index (χ0) is 16.3. The number of aliphatic carboxylic acids is 1. The van der Waals surface area contributed by atoms with Crippen LogP contribution < -0.4 is 9.47 Å². The number of amides is 1. The zero-order valence-electron chi connectivity index (χ0n) is 12.5. The standard InChI is InChI=1S/C15H18BrNO5/c1-21-12-7-9(6-11(16)14(12)22-2)15(20)17-5-3-4-10(17)8-13(18)19/h6-7,10H,3-5,8H2,1-2H3,(H,18,19). The van der Waals surface area contributed by atoms with Gasteiger partial charge in [-0.25, -0.2) is 0 Å². The van der Waals surface area contributed by atoms with E-state index in [2.05, 4.69) is 15.9 Å². The van der Waals surface area contributed by atoms with Gasteiger partial charge in [-0.2, -0.15) is 0 Å². The highest BCUT2D eigenvalue weighted by Crippen LogP contribution is 2.37. The average molecular weight is 372 g/mol. The minimum Gasteiger partial charge on any atom is -0.493 e. The summed E-state index contributed by atoms with van der Waals surface area (Å²) in [6.07, 6.45) is 1.50. The van der Waals surface area contributed by atoms with Gasteiger partial charge in [-0.05, 0) is 40.9 Å². The molecule has 1 saturated heterocycles. The number of rotatable bonds is 5. The molecule has 1 aliphatic rings. The Morgan fingerprint density at radius 1 is 1.36 bits per heavy atom. The molecule has 1 N–H and O–H groups in total. The van der Waals surface area contributed by atoms with Crippen molar-refractivity contribution in [3.63, 3.8) is 0 Å². The molecule has 0 saturated carbocycles. The summed E-state index contributed by atoms with van der Waals surface area (Å²) < 4.78 is 11.1. The Morgan fingerprint density at radius 3 is 2.68 bits per heavy atom. The number of nitrogens with zero attached hydrogens (tertiary/aromatic N) is 1. The molecule has 1 aromatic carbocycles. The maximum absolute atomic E-state index is 12.7. The number of hydrogen-bond acceptors (Lipinski definition) is 4. The molecule has 1 amide bonds. The molecule has 1 unspecified atom stereocenters. The molecule has 2 rings (SSSR count). The molecule has 1 fully saturated rings. The molecule has 6 nitrogen and oxygen atoms in total. The average Bonchev–Trinajstić information content (AvgIpc) is 2.92. The number of carboxylic acids is 1. The van der Waals surface area contributed by atoms with Gasteiger partial charge in [0, 0.05) is 18.2 Å². The largest absolute Gasteiger partial charge is 0.493 e. The molecule has 0 aromatic heterocycles. The van der Waals surface area contributed by atoms with E-state index >= 15 is 0 Å². The zero-order valence-corrected chi connectivity index (χ0v) is 14.1. The van der Waals surface area contributed by atoms with Crippen molar-refractivity contribution in [2.75, 3.05) is 20.8 Å². The lowest BCUT2D eigenvalue weighted by Crippen LogP contribution is -2.36. The summed E-state index contributed by atoms with van der Waals surface area (Å²) in [4.78, 5) is 25.2. The van der Waals surface area contributed by atoms with Crippen LogP contribution in [0.15, 0.2) is 16.6 Å². The van der Waals surface area contributed by atoms with Crippen LogP contribution in [0.5, 0.6) is 11.5 Å². The molecule has 1 atom stereocenters. The summed E-state index contributed by atoms with van der Waals surface area (Å²) >= 11 is 3.36. The SMILES string of the molecule is COc1cc(C(=O)N2CCCC2CC(=O)O)cc(Br)c1OC. The number of halogens is 1. The number of benzene rings is 1. The monoisotopic (exact) mass is 371 g/mol. The number of methoxy groups -OCH3 is 2. The van der Waals surface area contributed by atoms with Crippen LogP contribution >= 0.6 is 15.9 Å². The van der Waals surface area contributed by atoms with Crippen LogP contribution in [0.3, 0.4) is 0 Å². The van der Waals surface area contributed by atoms with Crippen molar-refractivity contribution in [3.8, 4) is 11.5 Å². The smallest absolute Gasteiger partial charge is 0.305 e. The number of carbonyl (C=O) groups excluding carboxylic acids is 1. The van der Waals surface area contributed by atoms with Gasteiger partial charge in [-0.3, -0.25) is 9.59 Å². The third-order valence-electron chi connectivity index (χ3n) is 3.73. The van der Waals surface area contributed by atoms with Crippen LogP contribution in [0.4, 0.5) is 0 Å². The third kappa shape index (κ3) is 3.35. The topological polar surface area (TPSA) is 76.1 Å². The van der Waals surface area contributed by atoms with E-state index in [-0.39, 0.29) is 18.4 Å². The minimum atomic E-state index is -0.891. The molecule has 7 heteroatoms. The maximum atomic E-state index is 12.7. The van der Waals surface area contributed by atoms with Gasteiger partial charge in [0.15, 0.2) is 11.5 Å². The van der Waals surface area contributed by atoms with Gasteiger partial charge >= 0.3 is 5.97 Å². The molecule has 120 valence electrons. The Hall–Kier alpha value is -1.76. The van der Waals surface area contributed by atoms with Gasteiger partial charge in [0.1, 0.15) is 0 Å². The van der Waals surface area contributed by atoms with Crippen molar-refractivity contribution in [2.45, 2.75) is 25.3 Å². The van der Waals surface area contributed by atoms with Gasteiger partial charge in [0.25, 0.3) is 5.91 Å². The Bertz CT molecular complexity index is 590. The first-order valence-electron chi connectivity index (χ1n) is 6.92. The van der Waals surface area contributed by atoms with E-state index in [1.165, 1.54) is 14.2 Å². The number of ether oxygens (including phenoxy) is 2. The van der Waals surface area contributed by atoms with Crippen molar-refractivity contribution in [3.05, 3.63) is 22.2 Å². The van der Waals surface area contributed by atoms with E-state index in [0.717, 1.165) is 6.42 Å². The minimum absolute atomic E-state index is 0.0276. The van der Waals surface area contributed by atoms with Gasteiger partial charge in [-0.15, -0.1) is 0 Å². The number of hydrogen-bond donors (Lipinski definition) is 1. The molecule has 1 aliphatic heterocycles. The van der Waals surface area contributed by atoms with E-state index in [1.54, 1.807) is 17.0 Å². The van der Waals surface area contributed by atoms with Crippen LogP contribution in [0.25, 0.3) is 0 Å². The van der Waals surface area contributed by atoms with Crippen LogP contribution in [-0.2, 0) is 4.79 Å². The van der Waals surface area contributed by atoms with Crippen molar-refractivity contribution >= 4 is 27.8 Å². The highest BCUT2D eigenvalue weighted by Gasteiger charge is 2.31. The summed E-state index contributed by atoms with van der Waals surface area (Å²) in [6, 6.07) is 3.03. The Labute approximate surface area is 137 Å². The molecule has 1 aromatic rings. The molecule has 0 aliphatic carbocycles. The summed E-state index contributed by atoms with van der Waals surface area (Å²) in [5.74, 6) is -0.111. The van der Waals surface area contributed by atoms with Crippen molar-refractivity contribution in [1.82, 2.24) is 4.90 Å². The predicted octanol–water partition coefficient (Wildman–Crippen LogP) is 2.55. The van der Waals surface area contributed by atoms with Crippen molar-refractivity contribution in [1.29, 1.82) is 0 Å². The first kappa shape index (κ1) is 16.6.